The van der Waals surface area contributed by atoms with Crippen LogP contribution in [-0.2, 0) is 6.61 Å². The molecule has 1 heterocycles. The molecule has 0 amide bonds. The first-order valence-electron chi connectivity index (χ1n) is 2.13. The van der Waals surface area contributed by atoms with Crippen molar-refractivity contribution >= 4 is 11.6 Å². The van der Waals surface area contributed by atoms with E-state index in [0.717, 1.165) is 0 Å². The van der Waals surface area contributed by atoms with Crippen LogP contribution in [0.3, 0.4) is 0 Å². The molecule has 3 nitrogen and oxygen atoms in total. The average Bonchev–Trinajstić information content (AvgIpc) is 2.14. The van der Waals surface area contributed by atoms with E-state index in [9.17, 15) is 0 Å². The third-order valence-electron chi connectivity index (χ3n) is 0.762. The molecule has 0 aliphatic carbocycles. The normalized spacial score (nSPS) is 9.75. The molecule has 0 aliphatic rings. The second-order valence-electron chi connectivity index (χ2n) is 1.37. The number of halogens is 1. The summed E-state index contributed by atoms with van der Waals surface area (Å²) in [4.78, 5) is 0. The smallest absolute Gasteiger partial charge is 0.124 e. The Hall–Kier alpha value is -0.540. The van der Waals surface area contributed by atoms with E-state index in [1.807, 2.05) is 0 Å². The molecule has 0 spiro atoms. The standard InChI is InChI=1S/C4H5ClN2O/c5-4-1-3(2-8)6-7-4/h1,8H,2H2,(H,6,7). The van der Waals surface area contributed by atoms with E-state index in [1.165, 1.54) is 0 Å². The second kappa shape index (κ2) is 2.15. The van der Waals surface area contributed by atoms with Gasteiger partial charge in [-0.1, -0.05) is 11.6 Å². The lowest BCUT2D eigenvalue weighted by molar-refractivity contribution is 0.276. The minimum absolute atomic E-state index is 0.0663. The lowest BCUT2D eigenvalue weighted by atomic mass is 10.5. The first-order chi connectivity index (χ1) is 3.83. The number of aliphatic hydroxyl groups is 1. The molecule has 0 saturated carbocycles. The summed E-state index contributed by atoms with van der Waals surface area (Å²) in [6.45, 7) is -0.0663. The SMILES string of the molecule is OCc1cc(Cl)[nH]n1. The number of aromatic nitrogens is 2. The quantitative estimate of drug-likeness (QED) is 0.587. The Balaban J connectivity index is 2.84. The highest BCUT2D eigenvalue weighted by atomic mass is 35.5. The lowest BCUT2D eigenvalue weighted by Gasteiger charge is -1.77. The monoisotopic (exact) mass is 132 g/mol. The van der Waals surface area contributed by atoms with Crippen LogP contribution >= 0.6 is 11.6 Å². The van der Waals surface area contributed by atoms with Crippen LogP contribution in [-0.4, -0.2) is 15.3 Å². The number of H-pyrrole nitrogens is 1. The van der Waals surface area contributed by atoms with Crippen molar-refractivity contribution in [2.75, 3.05) is 0 Å². The zero-order chi connectivity index (χ0) is 5.98. The van der Waals surface area contributed by atoms with Crippen LogP contribution < -0.4 is 0 Å². The summed E-state index contributed by atoms with van der Waals surface area (Å²) in [6.07, 6.45) is 0. The van der Waals surface area contributed by atoms with Gasteiger partial charge < -0.3 is 5.11 Å². The Morgan fingerprint density at radius 1 is 1.88 bits per heavy atom. The Labute approximate surface area is 51.3 Å². The average molecular weight is 133 g/mol. The fourth-order valence-electron chi connectivity index (χ4n) is 0.417. The molecule has 1 aromatic heterocycles. The highest BCUT2D eigenvalue weighted by Crippen LogP contribution is 2.03. The molecule has 0 unspecified atom stereocenters. The molecule has 0 bridgehead atoms. The van der Waals surface area contributed by atoms with Gasteiger partial charge >= 0.3 is 0 Å². The van der Waals surface area contributed by atoms with Gasteiger partial charge in [0.1, 0.15) is 5.15 Å². The van der Waals surface area contributed by atoms with Gasteiger partial charge in [-0.2, -0.15) is 5.10 Å². The van der Waals surface area contributed by atoms with Gasteiger partial charge in [-0.3, -0.25) is 5.10 Å². The van der Waals surface area contributed by atoms with E-state index < -0.39 is 0 Å². The summed E-state index contributed by atoms with van der Waals surface area (Å²) in [6, 6.07) is 1.57. The Morgan fingerprint density at radius 2 is 2.62 bits per heavy atom. The predicted molar refractivity (Wildman–Crippen MR) is 29.5 cm³/mol. The number of rotatable bonds is 1. The summed E-state index contributed by atoms with van der Waals surface area (Å²) >= 11 is 5.41. The molecule has 0 saturated heterocycles. The van der Waals surface area contributed by atoms with Crippen LogP contribution in [0.5, 0.6) is 0 Å². The molecule has 1 aromatic rings. The number of aliphatic hydroxyl groups excluding tert-OH is 1. The number of aromatic amines is 1. The molecule has 0 aliphatic heterocycles. The zero-order valence-corrected chi connectivity index (χ0v) is 4.81. The van der Waals surface area contributed by atoms with E-state index in [2.05, 4.69) is 10.2 Å². The van der Waals surface area contributed by atoms with Gasteiger partial charge in [-0.15, -0.1) is 0 Å². The molecule has 1 rings (SSSR count). The number of nitrogens with one attached hydrogen (secondary N) is 1. The number of hydrogen-bond acceptors (Lipinski definition) is 2. The van der Waals surface area contributed by atoms with Crippen molar-refractivity contribution in [3.63, 3.8) is 0 Å². The van der Waals surface area contributed by atoms with Crippen LogP contribution in [0, 0.1) is 0 Å². The summed E-state index contributed by atoms with van der Waals surface area (Å²) in [5, 5.41) is 15.0. The second-order valence-corrected chi connectivity index (χ2v) is 1.77. The van der Waals surface area contributed by atoms with Crippen molar-refractivity contribution in [3.05, 3.63) is 16.9 Å². The molecule has 8 heavy (non-hydrogen) atoms. The minimum Gasteiger partial charge on any atom is -0.390 e. The highest BCUT2D eigenvalue weighted by Gasteiger charge is 1.93. The van der Waals surface area contributed by atoms with E-state index in [1.54, 1.807) is 6.07 Å². The van der Waals surface area contributed by atoms with Gasteiger partial charge in [0.2, 0.25) is 0 Å². The molecular formula is C4H5ClN2O. The summed E-state index contributed by atoms with van der Waals surface area (Å²) in [5.41, 5.74) is 0.565. The van der Waals surface area contributed by atoms with Gasteiger partial charge in [0, 0.05) is 6.07 Å². The van der Waals surface area contributed by atoms with Crippen molar-refractivity contribution in [2.24, 2.45) is 0 Å². The van der Waals surface area contributed by atoms with Crippen molar-refractivity contribution in [1.82, 2.24) is 10.2 Å². The first-order valence-corrected chi connectivity index (χ1v) is 2.51. The van der Waals surface area contributed by atoms with Crippen LogP contribution in [0.25, 0.3) is 0 Å². The number of nitrogens with zero attached hydrogens (tertiary/aromatic N) is 1. The minimum atomic E-state index is -0.0663. The summed E-state index contributed by atoms with van der Waals surface area (Å²) in [7, 11) is 0. The van der Waals surface area contributed by atoms with E-state index in [-0.39, 0.29) is 6.61 Å². The molecule has 0 radical (unpaired) electrons. The summed E-state index contributed by atoms with van der Waals surface area (Å²) < 4.78 is 0. The van der Waals surface area contributed by atoms with E-state index in [0.29, 0.717) is 10.8 Å². The maximum absolute atomic E-state index is 8.41. The fourth-order valence-corrected chi connectivity index (χ4v) is 0.585. The molecule has 4 heteroatoms. The Kier molecular flexibility index (Phi) is 1.50. The summed E-state index contributed by atoms with van der Waals surface area (Å²) in [5.74, 6) is 0. The number of hydrogen-bond donors (Lipinski definition) is 2. The topological polar surface area (TPSA) is 48.9 Å². The van der Waals surface area contributed by atoms with E-state index in [4.69, 9.17) is 16.7 Å². The fraction of sp³-hybridized carbons (Fsp3) is 0.250. The largest absolute Gasteiger partial charge is 0.390 e. The van der Waals surface area contributed by atoms with Gasteiger partial charge in [0.05, 0.1) is 12.3 Å². The van der Waals surface area contributed by atoms with Gasteiger partial charge in [0.15, 0.2) is 0 Å². The van der Waals surface area contributed by atoms with Crippen LogP contribution in [0.15, 0.2) is 6.07 Å². The Bertz CT molecular complexity index is 174. The zero-order valence-electron chi connectivity index (χ0n) is 4.06. The van der Waals surface area contributed by atoms with Crippen LogP contribution in [0.1, 0.15) is 5.69 Å². The molecule has 44 valence electrons. The van der Waals surface area contributed by atoms with Crippen LogP contribution in [0.2, 0.25) is 5.15 Å². The van der Waals surface area contributed by atoms with Crippen molar-refractivity contribution in [3.8, 4) is 0 Å². The Morgan fingerprint density at radius 3 is 2.88 bits per heavy atom. The third-order valence-corrected chi connectivity index (χ3v) is 0.955. The lowest BCUT2D eigenvalue weighted by Crippen LogP contribution is -1.79. The van der Waals surface area contributed by atoms with Crippen molar-refractivity contribution in [1.29, 1.82) is 0 Å². The van der Waals surface area contributed by atoms with Gasteiger partial charge in [-0.25, -0.2) is 0 Å². The maximum Gasteiger partial charge on any atom is 0.124 e. The maximum atomic E-state index is 8.41. The molecule has 0 aromatic carbocycles. The highest BCUT2D eigenvalue weighted by molar-refractivity contribution is 6.29. The van der Waals surface area contributed by atoms with Gasteiger partial charge in [-0.05, 0) is 0 Å². The van der Waals surface area contributed by atoms with Crippen molar-refractivity contribution < 1.29 is 5.11 Å². The molecule has 0 atom stereocenters. The molecule has 0 fully saturated rings. The van der Waals surface area contributed by atoms with Crippen LogP contribution in [0.4, 0.5) is 0 Å². The first kappa shape index (κ1) is 5.59. The third kappa shape index (κ3) is 0.993. The van der Waals surface area contributed by atoms with E-state index >= 15 is 0 Å². The van der Waals surface area contributed by atoms with Crippen molar-refractivity contribution in [2.45, 2.75) is 6.61 Å². The molecular weight excluding hydrogens is 128 g/mol. The predicted octanol–water partition coefficient (Wildman–Crippen LogP) is 0.555. The molecule has 2 N–H and O–H groups in total. The van der Waals surface area contributed by atoms with Gasteiger partial charge in [0.25, 0.3) is 0 Å².